The first kappa shape index (κ1) is 12.9. The minimum atomic E-state index is -0.981. The summed E-state index contributed by atoms with van der Waals surface area (Å²) in [6.07, 6.45) is 1.38. The Labute approximate surface area is 112 Å². The number of rotatable bonds is 5. The molecule has 0 spiro atoms. The summed E-state index contributed by atoms with van der Waals surface area (Å²) < 4.78 is 5.93. The van der Waals surface area contributed by atoms with E-state index in [-0.39, 0.29) is 5.56 Å². The standard InChI is InChI=1S/C10H11N3O3S2/c1-13(2)9-11-12-10(18-9)17-5-7-6(8(14)15)3-4-16-7/h3-4H,5H2,1-2H3,(H,14,15). The SMILES string of the molecule is CN(C)c1nnc(SCc2occc2C(=O)O)s1. The molecule has 0 aromatic carbocycles. The van der Waals surface area contributed by atoms with Crippen molar-refractivity contribution in [3.8, 4) is 0 Å². The zero-order valence-corrected chi connectivity index (χ0v) is 11.4. The number of carboxylic acid groups (broad SMARTS) is 1. The monoisotopic (exact) mass is 285 g/mol. The predicted molar refractivity (Wildman–Crippen MR) is 69.5 cm³/mol. The summed E-state index contributed by atoms with van der Waals surface area (Å²) in [5.74, 6) is -0.115. The van der Waals surface area contributed by atoms with Gasteiger partial charge in [0.25, 0.3) is 0 Å². The van der Waals surface area contributed by atoms with Crippen molar-refractivity contribution in [2.75, 3.05) is 19.0 Å². The summed E-state index contributed by atoms with van der Waals surface area (Å²) in [4.78, 5) is 12.8. The molecule has 0 unspecified atom stereocenters. The van der Waals surface area contributed by atoms with Gasteiger partial charge in [0.2, 0.25) is 5.13 Å². The summed E-state index contributed by atoms with van der Waals surface area (Å²) in [5, 5.41) is 17.8. The van der Waals surface area contributed by atoms with Gasteiger partial charge in [-0.3, -0.25) is 0 Å². The highest BCUT2D eigenvalue weighted by molar-refractivity contribution is 8.00. The Kier molecular flexibility index (Phi) is 3.87. The lowest BCUT2D eigenvalue weighted by atomic mass is 10.3. The number of thioether (sulfide) groups is 1. The van der Waals surface area contributed by atoms with Crippen LogP contribution >= 0.6 is 23.1 Å². The van der Waals surface area contributed by atoms with E-state index < -0.39 is 5.97 Å². The molecular weight excluding hydrogens is 274 g/mol. The molecular formula is C10H11N3O3S2. The van der Waals surface area contributed by atoms with Crippen molar-refractivity contribution in [2.24, 2.45) is 0 Å². The lowest BCUT2D eigenvalue weighted by molar-refractivity contribution is 0.0695. The van der Waals surface area contributed by atoms with E-state index >= 15 is 0 Å². The summed E-state index contributed by atoms with van der Waals surface area (Å²) >= 11 is 2.86. The van der Waals surface area contributed by atoms with Gasteiger partial charge < -0.3 is 14.4 Å². The molecule has 2 rings (SSSR count). The van der Waals surface area contributed by atoms with Crippen molar-refractivity contribution in [3.05, 3.63) is 23.7 Å². The average Bonchev–Trinajstić information content (AvgIpc) is 2.95. The first-order chi connectivity index (χ1) is 8.58. The fourth-order valence-corrected chi connectivity index (χ4v) is 2.93. The number of hydrogen-bond donors (Lipinski definition) is 1. The molecule has 0 atom stereocenters. The van der Waals surface area contributed by atoms with Gasteiger partial charge in [-0.05, 0) is 6.07 Å². The van der Waals surface area contributed by atoms with Crippen LogP contribution in [0.5, 0.6) is 0 Å². The number of hydrogen-bond acceptors (Lipinski definition) is 7. The molecule has 0 radical (unpaired) electrons. The number of carbonyl (C=O) groups is 1. The fourth-order valence-electron chi connectivity index (χ4n) is 1.21. The van der Waals surface area contributed by atoms with E-state index in [1.165, 1.54) is 35.4 Å². The molecule has 2 heterocycles. The molecule has 0 aliphatic carbocycles. The molecule has 2 aromatic heterocycles. The highest BCUT2D eigenvalue weighted by atomic mass is 32.2. The number of aromatic carboxylic acids is 1. The molecule has 96 valence electrons. The maximum Gasteiger partial charge on any atom is 0.339 e. The van der Waals surface area contributed by atoms with Crippen LogP contribution in [0, 0.1) is 0 Å². The van der Waals surface area contributed by atoms with Crippen LogP contribution in [-0.4, -0.2) is 35.4 Å². The number of furan rings is 1. The van der Waals surface area contributed by atoms with Crippen molar-refractivity contribution in [1.29, 1.82) is 0 Å². The third-order valence-electron chi connectivity index (χ3n) is 2.08. The van der Waals surface area contributed by atoms with Gasteiger partial charge in [-0.1, -0.05) is 23.1 Å². The van der Waals surface area contributed by atoms with E-state index in [2.05, 4.69) is 10.2 Å². The third kappa shape index (κ3) is 2.82. The van der Waals surface area contributed by atoms with Crippen molar-refractivity contribution >= 4 is 34.2 Å². The van der Waals surface area contributed by atoms with Crippen LogP contribution in [0.3, 0.4) is 0 Å². The second-order valence-corrected chi connectivity index (χ2v) is 5.77. The topological polar surface area (TPSA) is 79.5 Å². The molecule has 0 fully saturated rings. The van der Waals surface area contributed by atoms with Gasteiger partial charge in [0.05, 0.1) is 12.0 Å². The van der Waals surface area contributed by atoms with Crippen LogP contribution in [0.25, 0.3) is 0 Å². The number of aromatic nitrogens is 2. The Hall–Kier alpha value is -1.54. The summed E-state index contributed by atoms with van der Waals surface area (Å²) in [6, 6.07) is 1.45. The largest absolute Gasteiger partial charge is 0.478 e. The van der Waals surface area contributed by atoms with E-state index in [0.717, 1.165) is 9.47 Å². The summed E-state index contributed by atoms with van der Waals surface area (Å²) in [7, 11) is 3.79. The molecule has 0 amide bonds. The number of nitrogens with zero attached hydrogens (tertiary/aromatic N) is 3. The van der Waals surface area contributed by atoms with E-state index in [4.69, 9.17) is 9.52 Å². The van der Waals surface area contributed by atoms with E-state index in [1.54, 1.807) is 0 Å². The maximum absolute atomic E-state index is 10.9. The quantitative estimate of drug-likeness (QED) is 0.843. The predicted octanol–water partition coefficient (Wildman–Crippen LogP) is 2.19. The van der Waals surface area contributed by atoms with Crippen molar-refractivity contribution in [3.63, 3.8) is 0 Å². The van der Waals surface area contributed by atoms with Gasteiger partial charge >= 0.3 is 5.97 Å². The minimum absolute atomic E-state index is 0.194. The molecule has 0 aliphatic rings. The van der Waals surface area contributed by atoms with E-state index in [1.807, 2.05) is 19.0 Å². The summed E-state index contributed by atoms with van der Waals surface area (Å²) in [6.45, 7) is 0. The van der Waals surface area contributed by atoms with Crippen LogP contribution in [0.4, 0.5) is 5.13 Å². The Bertz CT molecular complexity index is 550. The van der Waals surface area contributed by atoms with Gasteiger partial charge in [-0.2, -0.15) is 0 Å². The first-order valence-corrected chi connectivity index (χ1v) is 6.81. The van der Waals surface area contributed by atoms with Crippen LogP contribution in [0.1, 0.15) is 16.1 Å². The van der Waals surface area contributed by atoms with Gasteiger partial charge in [-0.25, -0.2) is 4.79 Å². The van der Waals surface area contributed by atoms with Gasteiger partial charge in [0, 0.05) is 14.1 Å². The maximum atomic E-state index is 10.9. The average molecular weight is 285 g/mol. The molecule has 6 nitrogen and oxygen atoms in total. The Balaban J connectivity index is 2.02. The lowest BCUT2D eigenvalue weighted by Crippen LogP contribution is -2.07. The minimum Gasteiger partial charge on any atom is -0.478 e. The van der Waals surface area contributed by atoms with Crippen LogP contribution in [0.15, 0.2) is 21.1 Å². The molecule has 2 aromatic rings. The first-order valence-electron chi connectivity index (χ1n) is 5.01. The lowest BCUT2D eigenvalue weighted by Gasteiger charge is -2.03. The summed E-state index contributed by atoms with van der Waals surface area (Å²) in [5.41, 5.74) is 0.194. The smallest absolute Gasteiger partial charge is 0.339 e. The van der Waals surface area contributed by atoms with Crippen LogP contribution in [-0.2, 0) is 5.75 Å². The van der Waals surface area contributed by atoms with E-state index in [9.17, 15) is 4.79 Å². The normalized spacial score (nSPS) is 10.6. The zero-order chi connectivity index (χ0) is 13.1. The highest BCUT2D eigenvalue weighted by Gasteiger charge is 2.14. The number of anilines is 1. The van der Waals surface area contributed by atoms with Crippen molar-refractivity contribution in [2.45, 2.75) is 10.1 Å². The Morgan fingerprint density at radius 1 is 1.56 bits per heavy atom. The van der Waals surface area contributed by atoms with Crippen molar-refractivity contribution in [1.82, 2.24) is 10.2 Å². The second kappa shape index (κ2) is 5.40. The molecule has 1 N–H and O–H groups in total. The second-order valence-electron chi connectivity index (χ2n) is 3.60. The Morgan fingerprint density at radius 2 is 2.33 bits per heavy atom. The molecule has 18 heavy (non-hydrogen) atoms. The van der Waals surface area contributed by atoms with Crippen LogP contribution < -0.4 is 4.90 Å². The van der Waals surface area contributed by atoms with Crippen LogP contribution in [0.2, 0.25) is 0 Å². The Morgan fingerprint density at radius 3 is 2.94 bits per heavy atom. The molecule has 0 bridgehead atoms. The zero-order valence-electron chi connectivity index (χ0n) is 9.78. The van der Waals surface area contributed by atoms with Gasteiger partial charge in [-0.15, -0.1) is 10.2 Å². The highest BCUT2D eigenvalue weighted by Crippen LogP contribution is 2.30. The van der Waals surface area contributed by atoms with Gasteiger partial charge in [0.15, 0.2) is 4.34 Å². The fraction of sp³-hybridized carbons (Fsp3) is 0.300. The number of carboxylic acids is 1. The molecule has 8 heteroatoms. The van der Waals surface area contributed by atoms with Crippen molar-refractivity contribution < 1.29 is 14.3 Å². The third-order valence-corrected chi connectivity index (χ3v) is 4.31. The van der Waals surface area contributed by atoms with Gasteiger partial charge in [0.1, 0.15) is 11.3 Å². The molecule has 0 saturated heterocycles. The van der Waals surface area contributed by atoms with E-state index in [0.29, 0.717) is 11.5 Å². The molecule has 0 aliphatic heterocycles. The molecule has 0 saturated carbocycles.